The number of nitrogens with zero attached hydrogens (tertiary/aromatic N) is 2. The summed E-state index contributed by atoms with van der Waals surface area (Å²) in [7, 11) is 0. The van der Waals surface area contributed by atoms with Crippen LogP contribution in [0.15, 0.2) is 11.5 Å². The molecule has 1 rings (SSSR count). The first-order valence-electron chi connectivity index (χ1n) is 2.76. The minimum atomic E-state index is 0.140. The maximum Gasteiger partial charge on any atom is 0.183 e. The summed E-state index contributed by atoms with van der Waals surface area (Å²) >= 11 is 1.36. The fraction of sp³-hybridized carbons (Fsp3) is 0.400. The summed E-state index contributed by atoms with van der Waals surface area (Å²) in [5, 5.41) is 6.96. The van der Waals surface area contributed by atoms with E-state index in [-0.39, 0.29) is 5.78 Å². The Balaban J connectivity index is 2.35. The van der Waals surface area contributed by atoms with Crippen LogP contribution in [0.3, 0.4) is 0 Å². The molecule has 5 heteroatoms. The van der Waals surface area contributed by atoms with E-state index >= 15 is 0 Å². The Morgan fingerprint density at radius 1 is 1.90 bits per heavy atom. The molecule has 10 heavy (non-hydrogen) atoms. The van der Waals surface area contributed by atoms with Gasteiger partial charge in [0.2, 0.25) is 0 Å². The molecule has 0 atom stereocenters. The lowest BCUT2D eigenvalue weighted by Crippen LogP contribution is -1.93. The van der Waals surface area contributed by atoms with Crippen LogP contribution in [0.5, 0.6) is 0 Å². The lowest BCUT2D eigenvalue weighted by Gasteiger charge is -1.88. The van der Waals surface area contributed by atoms with Gasteiger partial charge < -0.3 is 0 Å². The summed E-state index contributed by atoms with van der Waals surface area (Å²) in [6.07, 6.45) is 1.42. The van der Waals surface area contributed by atoms with Gasteiger partial charge in [-0.2, -0.15) is 5.10 Å². The van der Waals surface area contributed by atoms with Crippen molar-refractivity contribution in [3.63, 3.8) is 0 Å². The number of aromatic nitrogens is 3. The fourth-order valence-corrected chi connectivity index (χ4v) is 1.01. The van der Waals surface area contributed by atoms with Crippen LogP contribution in [-0.2, 0) is 4.79 Å². The molecule has 1 heterocycles. The van der Waals surface area contributed by atoms with Crippen molar-refractivity contribution >= 4 is 17.5 Å². The monoisotopic (exact) mass is 157 g/mol. The van der Waals surface area contributed by atoms with Crippen LogP contribution in [0.2, 0.25) is 0 Å². The van der Waals surface area contributed by atoms with Gasteiger partial charge in [0.1, 0.15) is 12.1 Å². The molecule has 0 unspecified atom stereocenters. The van der Waals surface area contributed by atoms with Crippen LogP contribution < -0.4 is 0 Å². The molecule has 0 saturated carbocycles. The van der Waals surface area contributed by atoms with E-state index in [0.29, 0.717) is 10.9 Å². The van der Waals surface area contributed by atoms with E-state index in [4.69, 9.17) is 0 Å². The highest BCUT2D eigenvalue weighted by atomic mass is 32.2. The van der Waals surface area contributed by atoms with E-state index in [1.165, 1.54) is 18.1 Å². The third-order valence-corrected chi connectivity index (χ3v) is 1.83. The zero-order chi connectivity index (χ0) is 7.40. The van der Waals surface area contributed by atoms with Gasteiger partial charge in [0.25, 0.3) is 0 Å². The Labute approximate surface area is 62.4 Å². The van der Waals surface area contributed by atoms with Gasteiger partial charge in [-0.1, -0.05) is 11.8 Å². The van der Waals surface area contributed by atoms with E-state index < -0.39 is 0 Å². The largest absolute Gasteiger partial charge is 0.299 e. The quantitative estimate of drug-likeness (QED) is 0.648. The average molecular weight is 157 g/mol. The molecule has 0 aliphatic heterocycles. The van der Waals surface area contributed by atoms with E-state index in [2.05, 4.69) is 15.2 Å². The van der Waals surface area contributed by atoms with Gasteiger partial charge in [-0.3, -0.25) is 9.89 Å². The fourth-order valence-electron chi connectivity index (χ4n) is 0.434. The molecule has 0 spiro atoms. The van der Waals surface area contributed by atoms with Gasteiger partial charge in [0.05, 0.1) is 5.75 Å². The number of hydrogen-bond acceptors (Lipinski definition) is 4. The Kier molecular flexibility index (Phi) is 2.44. The maximum atomic E-state index is 10.5. The predicted octanol–water partition coefficient (Wildman–Crippen LogP) is 0.486. The second-order valence-corrected chi connectivity index (χ2v) is 2.75. The van der Waals surface area contributed by atoms with E-state index in [1.54, 1.807) is 6.92 Å². The van der Waals surface area contributed by atoms with Crippen molar-refractivity contribution in [2.75, 3.05) is 5.75 Å². The molecule has 0 aliphatic carbocycles. The van der Waals surface area contributed by atoms with Crippen LogP contribution in [0.1, 0.15) is 6.92 Å². The normalized spacial score (nSPS) is 9.70. The number of aromatic amines is 1. The first kappa shape index (κ1) is 7.27. The average Bonchev–Trinajstić information content (AvgIpc) is 2.34. The highest BCUT2D eigenvalue weighted by molar-refractivity contribution is 7.99. The summed E-state index contributed by atoms with van der Waals surface area (Å²) < 4.78 is 0. The Morgan fingerprint density at radius 3 is 3.20 bits per heavy atom. The number of nitrogens with one attached hydrogen (secondary N) is 1. The second-order valence-electron chi connectivity index (χ2n) is 1.78. The highest BCUT2D eigenvalue weighted by Gasteiger charge is 1.97. The van der Waals surface area contributed by atoms with E-state index in [9.17, 15) is 4.79 Å². The number of rotatable bonds is 3. The van der Waals surface area contributed by atoms with Crippen molar-refractivity contribution in [1.29, 1.82) is 0 Å². The molecule has 0 radical (unpaired) electrons. The van der Waals surface area contributed by atoms with Gasteiger partial charge in [-0.05, 0) is 6.92 Å². The van der Waals surface area contributed by atoms with Gasteiger partial charge in [-0.15, -0.1) is 0 Å². The number of Topliss-reactive ketones (excluding diaryl/α,β-unsaturated/α-hetero) is 1. The molecule has 1 aromatic rings. The van der Waals surface area contributed by atoms with Crippen LogP contribution in [0, 0.1) is 0 Å². The van der Waals surface area contributed by atoms with Gasteiger partial charge in [0, 0.05) is 0 Å². The molecular weight excluding hydrogens is 150 g/mol. The van der Waals surface area contributed by atoms with Crippen molar-refractivity contribution < 1.29 is 4.79 Å². The molecule has 0 saturated heterocycles. The maximum absolute atomic E-state index is 10.5. The Bertz CT molecular complexity index is 209. The summed E-state index contributed by atoms with van der Waals surface area (Å²) in [5.74, 6) is 0.594. The standard InChI is InChI=1S/C5H7N3OS/c1-4(9)2-10-5-6-3-7-8-5/h3H,2H2,1H3,(H,6,7,8). The first-order valence-corrected chi connectivity index (χ1v) is 3.75. The molecule has 1 N–H and O–H groups in total. The third kappa shape index (κ3) is 2.18. The zero-order valence-corrected chi connectivity index (χ0v) is 6.31. The Morgan fingerprint density at radius 2 is 2.70 bits per heavy atom. The molecule has 54 valence electrons. The number of carbonyl (C=O) groups excluding carboxylic acids is 1. The summed E-state index contributed by atoms with van der Waals surface area (Å²) in [6.45, 7) is 1.55. The summed E-state index contributed by atoms with van der Waals surface area (Å²) in [6, 6.07) is 0. The third-order valence-electron chi connectivity index (χ3n) is 0.805. The first-order chi connectivity index (χ1) is 4.79. The van der Waals surface area contributed by atoms with Crippen molar-refractivity contribution in [2.24, 2.45) is 0 Å². The Hall–Kier alpha value is -0.840. The molecule has 0 amide bonds. The molecular formula is C5H7N3OS. The molecule has 0 fully saturated rings. The van der Waals surface area contributed by atoms with Crippen LogP contribution >= 0.6 is 11.8 Å². The van der Waals surface area contributed by atoms with E-state index in [1.807, 2.05) is 0 Å². The second kappa shape index (κ2) is 3.36. The molecule has 4 nitrogen and oxygen atoms in total. The number of H-pyrrole nitrogens is 1. The zero-order valence-electron chi connectivity index (χ0n) is 5.50. The van der Waals surface area contributed by atoms with Crippen molar-refractivity contribution in [3.05, 3.63) is 6.33 Å². The smallest absolute Gasteiger partial charge is 0.183 e. The van der Waals surface area contributed by atoms with E-state index in [0.717, 1.165) is 0 Å². The molecule has 0 aliphatic rings. The lowest BCUT2D eigenvalue weighted by atomic mass is 10.5. The SMILES string of the molecule is CC(=O)CSc1ncn[nH]1. The molecule has 0 aromatic carbocycles. The summed E-state index contributed by atoms with van der Waals surface area (Å²) in [5.41, 5.74) is 0. The molecule has 0 bridgehead atoms. The molecule has 1 aromatic heterocycles. The summed E-state index contributed by atoms with van der Waals surface area (Å²) in [4.78, 5) is 14.3. The topological polar surface area (TPSA) is 58.6 Å². The van der Waals surface area contributed by atoms with Crippen LogP contribution in [-0.4, -0.2) is 26.7 Å². The highest BCUT2D eigenvalue weighted by Crippen LogP contribution is 2.09. The lowest BCUT2D eigenvalue weighted by molar-refractivity contribution is -0.114. The van der Waals surface area contributed by atoms with Crippen molar-refractivity contribution in [2.45, 2.75) is 12.1 Å². The van der Waals surface area contributed by atoms with Crippen LogP contribution in [0.4, 0.5) is 0 Å². The van der Waals surface area contributed by atoms with Crippen LogP contribution in [0.25, 0.3) is 0 Å². The van der Waals surface area contributed by atoms with Crippen molar-refractivity contribution in [3.8, 4) is 0 Å². The minimum Gasteiger partial charge on any atom is -0.299 e. The van der Waals surface area contributed by atoms with Gasteiger partial charge in [0.15, 0.2) is 5.16 Å². The number of ketones is 1. The predicted molar refractivity (Wildman–Crippen MR) is 37.8 cm³/mol. The van der Waals surface area contributed by atoms with Gasteiger partial charge >= 0.3 is 0 Å². The number of carbonyl (C=O) groups is 1. The number of thioether (sulfide) groups is 1. The number of hydrogen-bond donors (Lipinski definition) is 1. The van der Waals surface area contributed by atoms with Gasteiger partial charge in [-0.25, -0.2) is 4.98 Å². The van der Waals surface area contributed by atoms with Crippen molar-refractivity contribution in [1.82, 2.24) is 15.2 Å². The minimum absolute atomic E-state index is 0.140.